The van der Waals surface area contributed by atoms with E-state index in [1.54, 1.807) is 20.3 Å². The zero-order chi connectivity index (χ0) is 12.8. The fourth-order valence-electron chi connectivity index (χ4n) is 1.86. The maximum absolute atomic E-state index is 6.27. The van der Waals surface area contributed by atoms with Crippen LogP contribution in [-0.4, -0.2) is 20.8 Å². The molecule has 0 heterocycles. The third-order valence-corrected chi connectivity index (χ3v) is 3.06. The van der Waals surface area contributed by atoms with E-state index in [1.165, 1.54) is 0 Å². The van der Waals surface area contributed by atoms with Gasteiger partial charge in [0.1, 0.15) is 0 Å². The molecule has 0 saturated carbocycles. The average molecular weight is 258 g/mol. The number of hydrogen-bond donors (Lipinski definition) is 1. The number of benzene rings is 1. The summed E-state index contributed by atoms with van der Waals surface area (Å²) in [6, 6.07) is 3.99. The van der Waals surface area contributed by atoms with Crippen LogP contribution in [0.3, 0.4) is 0 Å². The molecule has 3 nitrogen and oxygen atoms in total. The monoisotopic (exact) mass is 257 g/mol. The van der Waals surface area contributed by atoms with Crippen LogP contribution in [0, 0.1) is 0 Å². The molecule has 1 unspecified atom stereocenters. The predicted octanol–water partition coefficient (Wildman–Crippen LogP) is 3.42. The summed E-state index contributed by atoms with van der Waals surface area (Å²) in [5.41, 5.74) is 1.05. The van der Waals surface area contributed by atoms with Gasteiger partial charge in [0.2, 0.25) is 0 Å². The quantitative estimate of drug-likeness (QED) is 0.847. The van der Waals surface area contributed by atoms with Crippen LogP contribution in [0.4, 0.5) is 0 Å². The highest BCUT2D eigenvalue weighted by molar-refractivity contribution is 6.31. The van der Waals surface area contributed by atoms with Crippen molar-refractivity contribution in [2.45, 2.75) is 26.3 Å². The minimum Gasteiger partial charge on any atom is -0.493 e. The highest BCUT2D eigenvalue weighted by Gasteiger charge is 2.16. The third-order valence-electron chi connectivity index (χ3n) is 2.74. The van der Waals surface area contributed by atoms with Gasteiger partial charge in [-0.05, 0) is 24.6 Å². The smallest absolute Gasteiger partial charge is 0.162 e. The Hall–Kier alpha value is -0.930. The molecule has 0 saturated heterocycles. The highest BCUT2D eigenvalue weighted by Crippen LogP contribution is 2.36. The molecule has 17 heavy (non-hydrogen) atoms. The van der Waals surface area contributed by atoms with Crippen molar-refractivity contribution in [1.82, 2.24) is 5.32 Å². The van der Waals surface area contributed by atoms with E-state index in [2.05, 4.69) is 19.2 Å². The number of halogens is 1. The summed E-state index contributed by atoms with van der Waals surface area (Å²) in [6.07, 6.45) is 0.975. The minimum atomic E-state index is 0.243. The number of hydrogen-bond acceptors (Lipinski definition) is 3. The lowest BCUT2D eigenvalue weighted by Gasteiger charge is -2.19. The molecule has 4 heteroatoms. The summed E-state index contributed by atoms with van der Waals surface area (Å²) in [4.78, 5) is 0. The standard InChI is InChI=1S/C13H20ClNO2/c1-5-11(15-6-2)9-7-12(16-3)13(17-4)8-10(9)14/h7-8,11,15H,5-6H2,1-4H3. The second-order valence-corrected chi connectivity index (χ2v) is 4.15. The van der Waals surface area contributed by atoms with Gasteiger partial charge in [0.05, 0.1) is 14.2 Å². The van der Waals surface area contributed by atoms with E-state index in [9.17, 15) is 0 Å². The Morgan fingerprint density at radius 3 is 2.24 bits per heavy atom. The summed E-state index contributed by atoms with van der Waals surface area (Å²) >= 11 is 6.27. The van der Waals surface area contributed by atoms with Crippen molar-refractivity contribution in [3.8, 4) is 11.5 Å². The Bertz CT molecular complexity index is 369. The van der Waals surface area contributed by atoms with Gasteiger partial charge in [-0.3, -0.25) is 0 Å². The van der Waals surface area contributed by atoms with Gasteiger partial charge < -0.3 is 14.8 Å². The van der Waals surface area contributed by atoms with Gasteiger partial charge in [-0.1, -0.05) is 25.4 Å². The van der Waals surface area contributed by atoms with Crippen LogP contribution >= 0.6 is 11.6 Å². The molecule has 0 aliphatic rings. The molecule has 1 rings (SSSR count). The van der Waals surface area contributed by atoms with Crippen molar-refractivity contribution in [3.05, 3.63) is 22.7 Å². The average Bonchev–Trinajstić information content (AvgIpc) is 2.36. The van der Waals surface area contributed by atoms with Gasteiger partial charge in [0.15, 0.2) is 11.5 Å². The summed E-state index contributed by atoms with van der Waals surface area (Å²) in [5, 5.41) is 4.10. The van der Waals surface area contributed by atoms with E-state index < -0.39 is 0 Å². The van der Waals surface area contributed by atoms with Crippen LogP contribution in [0.5, 0.6) is 11.5 Å². The number of ether oxygens (including phenoxy) is 2. The second-order valence-electron chi connectivity index (χ2n) is 3.75. The van der Waals surface area contributed by atoms with E-state index in [0.29, 0.717) is 16.5 Å². The normalized spacial score (nSPS) is 12.3. The molecule has 0 aromatic heterocycles. The summed E-state index contributed by atoms with van der Waals surface area (Å²) in [7, 11) is 3.24. The largest absolute Gasteiger partial charge is 0.493 e. The molecule has 0 amide bonds. The van der Waals surface area contributed by atoms with Crippen LogP contribution in [0.1, 0.15) is 31.9 Å². The molecule has 1 atom stereocenters. The SMILES string of the molecule is CCNC(CC)c1cc(OC)c(OC)cc1Cl. The van der Waals surface area contributed by atoms with Gasteiger partial charge in [0, 0.05) is 17.1 Å². The van der Waals surface area contributed by atoms with Crippen molar-refractivity contribution in [2.75, 3.05) is 20.8 Å². The molecule has 0 bridgehead atoms. The Labute approximate surface area is 108 Å². The van der Waals surface area contributed by atoms with E-state index in [1.807, 2.05) is 6.07 Å². The molecule has 0 spiro atoms. The fourth-order valence-corrected chi connectivity index (χ4v) is 2.14. The first-order valence-corrected chi connectivity index (χ1v) is 6.20. The van der Waals surface area contributed by atoms with Crippen LogP contribution in [0.25, 0.3) is 0 Å². The van der Waals surface area contributed by atoms with E-state index in [4.69, 9.17) is 21.1 Å². The van der Waals surface area contributed by atoms with E-state index in [0.717, 1.165) is 18.5 Å². The van der Waals surface area contributed by atoms with Crippen LogP contribution in [-0.2, 0) is 0 Å². The van der Waals surface area contributed by atoms with Crippen LogP contribution in [0.15, 0.2) is 12.1 Å². The molecular weight excluding hydrogens is 238 g/mol. The van der Waals surface area contributed by atoms with Gasteiger partial charge >= 0.3 is 0 Å². The fraction of sp³-hybridized carbons (Fsp3) is 0.538. The Balaban J connectivity index is 3.14. The van der Waals surface area contributed by atoms with Crippen molar-refractivity contribution in [3.63, 3.8) is 0 Å². The molecule has 96 valence electrons. The molecule has 0 fully saturated rings. The molecule has 0 radical (unpaired) electrons. The molecule has 1 aromatic rings. The maximum atomic E-state index is 6.27. The van der Waals surface area contributed by atoms with Crippen LogP contribution in [0.2, 0.25) is 5.02 Å². The lowest BCUT2D eigenvalue weighted by atomic mass is 10.0. The zero-order valence-corrected chi connectivity index (χ0v) is 11.6. The molecule has 1 aromatic carbocycles. The third kappa shape index (κ3) is 3.27. The Kier molecular flexibility index (Phi) is 5.59. The lowest BCUT2D eigenvalue weighted by Crippen LogP contribution is -2.20. The number of rotatable bonds is 6. The molecular formula is C13H20ClNO2. The summed E-state index contributed by atoms with van der Waals surface area (Å²) in [6.45, 7) is 5.11. The minimum absolute atomic E-state index is 0.243. The predicted molar refractivity (Wildman–Crippen MR) is 71.3 cm³/mol. The Morgan fingerprint density at radius 2 is 1.76 bits per heavy atom. The van der Waals surface area contributed by atoms with Gasteiger partial charge in [-0.2, -0.15) is 0 Å². The summed E-state index contributed by atoms with van der Waals surface area (Å²) in [5.74, 6) is 1.37. The molecule has 1 N–H and O–H groups in total. The molecule has 0 aliphatic heterocycles. The number of methoxy groups -OCH3 is 2. The first-order valence-electron chi connectivity index (χ1n) is 5.82. The summed E-state index contributed by atoms with van der Waals surface area (Å²) < 4.78 is 10.5. The topological polar surface area (TPSA) is 30.5 Å². The first-order chi connectivity index (χ1) is 8.17. The highest BCUT2D eigenvalue weighted by atomic mass is 35.5. The van der Waals surface area contributed by atoms with Gasteiger partial charge in [-0.25, -0.2) is 0 Å². The maximum Gasteiger partial charge on any atom is 0.162 e. The number of nitrogens with one attached hydrogen (secondary N) is 1. The van der Waals surface area contributed by atoms with Crippen molar-refractivity contribution in [2.24, 2.45) is 0 Å². The van der Waals surface area contributed by atoms with E-state index >= 15 is 0 Å². The van der Waals surface area contributed by atoms with Gasteiger partial charge in [0.25, 0.3) is 0 Å². The van der Waals surface area contributed by atoms with E-state index in [-0.39, 0.29) is 6.04 Å². The van der Waals surface area contributed by atoms with Gasteiger partial charge in [-0.15, -0.1) is 0 Å². The zero-order valence-electron chi connectivity index (χ0n) is 10.8. The Morgan fingerprint density at radius 1 is 1.18 bits per heavy atom. The van der Waals surface area contributed by atoms with Crippen molar-refractivity contribution >= 4 is 11.6 Å². The first kappa shape index (κ1) is 14.1. The van der Waals surface area contributed by atoms with Crippen molar-refractivity contribution < 1.29 is 9.47 Å². The van der Waals surface area contributed by atoms with Crippen LogP contribution < -0.4 is 14.8 Å². The second kappa shape index (κ2) is 6.72. The lowest BCUT2D eigenvalue weighted by molar-refractivity contribution is 0.353. The molecule has 0 aliphatic carbocycles. The van der Waals surface area contributed by atoms with Crippen molar-refractivity contribution in [1.29, 1.82) is 0 Å².